The van der Waals surface area contributed by atoms with E-state index in [9.17, 15) is 9.90 Å². The molecular formula is C23H45NO2. The molecule has 0 spiro atoms. The minimum Gasteiger partial charge on any atom is -0.550 e. The molecule has 0 bridgehead atoms. The molecule has 0 amide bonds. The molecule has 1 N–H and O–H groups in total. The Bertz CT molecular complexity index is 345. The van der Waals surface area contributed by atoms with E-state index >= 15 is 0 Å². The Morgan fingerprint density at radius 2 is 1.31 bits per heavy atom. The van der Waals surface area contributed by atoms with Crippen LogP contribution >= 0.6 is 0 Å². The van der Waals surface area contributed by atoms with E-state index in [-0.39, 0.29) is 12.0 Å². The third-order valence-electron chi connectivity index (χ3n) is 6.38. The van der Waals surface area contributed by atoms with Gasteiger partial charge in [0.1, 0.15) is 0 Å². The number of aliphatic carboxylic acids is 1. The summed E-state index contributed by atoms with van der Waals surface area (Å²) in [5, 5.41) is 11.3. The molecule has 3 nitrogen and oxygen atoms in total. The van der Waals surface area contributed by atoms with Crippen molar-refractivity contribution in [1.82, 2.24) is 0 Å². The second-order valence-electron chi connectivity index (χ2n) is 8.66. The highest BCUT2D eigenvalue weighted by molar-refractivity contribution is 5.68. The maximum Gasteiger partial charge on any atom is 0.0953 e. The zero-order valence-corrected chi connectivity index (χ0v) is 17.7. The number of likely N-dealkylation sites (tertiary alicyclic amines) is 1. The lowest BCUT2D eigenvalue weighted by molar-refractivity contribution is -0.915. The standard InChI is InChI=1S/C23H45NO2/c1-3-4-5-6-7-8-9-10-11-12-13-14-15-16-19-22-21(23(25)26)18-17-20-24(22)2/h21-22H,3-20H2,1-2H3,(H,25,26). The fourth-order valence-corrected chi connectivity index (χ4v) is 4.62. The predicted octanol–water partition coefficient (Wildman–Crippen LogP) is 3.90. The van der Waals surface area contributed by atoms with Crippen LogP contribution in [0.3, 0.4) is 0 Å². The minimum atomic E-state index is -0.820. The molecule has 26 heavy (non-hydrogen) atoms. The van der Waals surface area contributed by atoms with E-state index in [1.165, 1.54) is 94.8 Å². The molecule has 154 valence electrons. The van der Waals surface area contributed by atoms with Gasteiger partial charge in [-0.3, -0.25) is 0 Å². The highest BCUT2D eigenvalue weighted by Gasteiger charge is 2.32. The normalized spacial score (nSPS) is 23.2. The summed E-state index contributed by atoms with van der Waals surface area (Å²) >= 11 is 0. The average molecular weight is 368 g/mol. The molecule has 1 saturated heterocycles. The van der Waals surface area contributed by atoms with Crippen molar-refractivity contribution in [3.63, 3.8) is 0 Å². The number of rotatable bonds is 16. The fourth-order valence-electron chi connectivity index (χ4n) is 4.62. The molecule has 1 heterocycles. The second-order valence-corrected chi connectivity index (χ2v) is 8.66. The van der Waals surface area contributed by atoms with Gasteiger partial charge in [-0.05, 0) is 19.3 Å². The maximum absolute atomic E-state index is 11.3. The number of carbonyl (C=O) groups excluding carboxylic acids is 1. The predicted molar refractivity (Wildman–Crippen MR) is 108 cm³/mol. The topological polar surface area (TPSA) is 44.6 Å². The molecule has 0 radical (unpaired) electrons. The molecule has 0 aromatic heterocycles. The van der Waals surface area contributed by atoms with E-state index < -0.39 is 5.97 Å². The number of hydrogen-bond donors (Lipinski definition) is 1. The van der Waals surface area contributed by atoms with Crippen LogP contribution in [0.15, 0.2) is 0 Å². The summed E-state index contributed by atoms with van der Waals surface area (Å²) in [7, 11) is 2.16. The molecule has 0 aromatic rings. The van der Waals surface area contributed by atoms with Gasteiger partial charge in [0, 0.05) is 6.42 Å². The van der Waals surface area contributed by atoms with Gasteiger partial charge in [0.15, 0.2) is 0 Å². The summed E-state index contributed by atoms with van der Waals surface area (Å²) in [6, 6.07) is 0.283. The number of carbonyl (C=O) groups is 1. The van der Waals surface area contributed by atoms with Crippen LogP contribution in [-0.2, 0) is 4.79 Å². The number of hydrogen-bond acceptors (Lipinski definition) is 2. The van der Waals surface area contributed by atoms with Crippen LogP contribution in [0.4, 0.5) is 0 Å². The van der Waals surface area contributed by atoms with Crippen LogP contribution in [0.25, 0.3) is 0 Å². The lowest BCUT2D eigenvalue weighted by Gasteiger charge is -2.36. The monoisotopic (exact) mass is 367 g/mol. The van der Waals surface area contributed by atoms with Crippen molar-refractivity contribution < 1.29 is 14.8 Å². The number of quaternary nitrogens is 1. The van der Waals surface area contributed by atoms with Crippen LogP contribution in [-0.4, -0.2) is 25.6 Å². The van der Waals surface area contributed by atoms with Crippen molar-refractivity contribution in [2.24, 2.45) is 5.92 Å². The zero-order valence-electron chi connectivity index (χ0n) is 17.7. The van der Waals surface area contributed by atoms with Gasteiger partial charge in [0.2, 0.25) is 0 Å². The summed E-state index contributed by atoms with van der Waals surface area (Å²) in [5.41, 5.74) is 0. The molecule has 3 unspecified atom stereocenters. The van der Waals surface area contributed by atoms with Crippen molar-refractivity contribution in [3.05, 3.63) is 0 Å². The van der Waals surface area contributed by atoms with Gasteiger partial charge >= 0.3 is 0 Å². The van der Waals surface area contributed by atoms with Gasteiger partial charge in [-0.25, -0.2) is 0 Å². The van der Waals surface area contributed by atoms with Gasteiger partial charge < -0.3 is 14.8 Å². The molecule has 1 aliphatic rings. The molecule has 1 rings (SSSR count). The molecular weight excluding hydrogens is 322 g/mol. The molecule has 3 atom stereocenters. The Hall–Kier alpha value is -0.570. The summed E-state index contributed by atoms with van der Waals surface area (Å²) < 4.78 is 0. The van der Waals surface area contributed by atoms with Crippen molar-refractivity contribution in [1.29, 1.82) is 0 Å². The van der Waals surface area contributed by atoms with E-state index in [0.717, 1.165) is 25.8 Å². The van der Waals surface area contributed by atoms with Crippen LogP contribution in [0.2, 0.25) is 0 Å². The zero-order chi connectivity index (χ0) is 19.0. The maximum atomic E-state index is 11.3. The Morgan fingerprint density at radius 3 is 1.77 bits per heavy atom. The quantitative estimate of drug-likeness (QED) is 0.421. The molecule has 0 aliphatic carbocycles. The molecule has 1 fully saturated rings. The van der Waals surface area contributed by atoms with E-state index in [4.69, 9.17) is 0 Å². The number of unbranched alkanes of at least 4 members (excludes halogenated alkanes) is 13. The molecule has 1 aliphatic heterocycles. The van der Waals surface area contributed by atoms with Crippen LogP contribution in [0, 0.1) is 5.92 Å². The lowest BCUT2D eigenvalue weighted by atomic mass is 9.86. The Kier molecular flexibility index (Phi) is 14.0. The fraction of sp³-hybridized carbons (Fsp3) is 0.957. The van der Waals surface area contributed by atoms with Crippen molar-refractivity contribution in [3.8, 4) is 0 Å². The molecule has 0 saturated carbocycles. The van der Waals surface area contributed by atoms with Gasteiger partial charge in [0.25, 0.3) is 0 Å². The second kappa shape index (κ2) is 15.5. The van der Waals surface area contributed by atoms with Gasteiger partial charge in [-0.2, -0.15) is 0 Å². The van der Waals surface area contributed by atoms with E-state index in [0.29, 0.717) is 0 Å². The third-order valence-corrected chi connectivity index (χ3v) is 6.38. The summed E-state index contributed by atoms with van der Waals surface area (Å²) in [5.74, 6) is -1.04. The molecule has 3 heteroatoms. The van der Waals surface area contributed by atoms with E-state index in [1.807, 2.05) is 0 Å². The van der Waals surface area contributed by atoms with Crippen LogP contribution in [0.5, 0.6) is 0 Å². The SMILES string of the molecule is CCCCCCCCCCCCCCCCC1C(C(=O)[O-])CCC[NH+]1C. The van der Waals surface area contributed by atoms with E-state index in [1.54, 1.807) is 0 Å². The number of carboxylic acids is 1. The number of carboxylic acid groups (broad SMARTS) is 1. The van der Waals surface area contributed by atoms with Gasteiger partial charge in [0.05, 0.1) is 31.5 Å². The highest BCUT2D eigenvalue weighted by Crippen LogP contribution is 2.18. The lowest BCUT2D eigenvalue weighted by Crippen LogP contribution is -3.15. The smallest absolute Gasteiger partial charge is 0.0953 e. The van der Waals surface area contributed by atoms with Gasteiger partial charge in [-0.1, -0.05) is 90.4 Å². The molecule has 0 aromatic carbocycles. The van der Waals surface area contributed by atoms with Gasteiger partial charge in [-0.15, -0.1) is 0 Å². The van der Waals surface area contributed by atoms with Crippen LogP contribution in [0.1, 0.15) is 116 Å². The van der Waals surface area contributed by atoms with Crippen LogP contribution < -0.4 is 10.0 Å². The highest BCUT2D eigenvalue weighted by atomic mass is 16.4. The Labute approximate surface area is 162 Å². The largest absolute Gasteiger partial charge is 0.550 e. The number of piperidine rings is 1. The van der Waals surface area contributed by atoms with E-state index in [2.05, 4.69) is 14.0 Å². The third kappa shape index (κ3) is 10.5. The first-order valence-electron chi connectivity index (χ1n) is 11.7. The summed E-state index contributed by atoms with van der Waals surface area (Å²) in [4.78, 5) is 12.7. The van der Waals surface area contributed by atoms with Crippen molar-refractivity contribution in [2.75, 3.05) is 13.6 Å². The Balaban J connectivity index is 1.90. The first kappa shape index (κ1) is 23.5. The van der Waals surface area contributed by atoms with Crippen molar-refractivity contribution in [2.45, 2.75) is 122 Å². The Morgan fingerprint density at radius 1 is 0.846 bits per heavy atom. The summed E-state index contributed by atoms with van der Waals surface area (Å²) in [6.45, 7) is 3.40. The number of nitrogens with one attached hydrogen (secondary N) is 1. The first-order chi connectivity index (χ1) is 12.7. The first-order valence-corrected chi connectivity index (χ1v) is 11.7. The minimum absolute atomic E-state index is 0.217. The van der Waals surface area contributed by atoms with Crippen molar-refractivity contribution >= 4 is 5.97 Å². The average Bonchev–Trinajstić information content (AvgIpc) is 2.62. The summed E-state index contributed by atoms with van der Waals surface area (Å²) in [6.07, 6.45) is 22.1.